The third kappa shape index (κ3) is 6.82. The van der Waals surface area contributed by atoms with Crippen molar-refractivity contribution >= 4 is 12.0 Å². The van der Waals surface area contributed by atoms with Crippen LogP contribution in [0.2, 0.25) is 0 Å². The molecule has 172 valence electrons. The van der Waals surface area contributed by atoms with Crippen molar-refractivity contribution in [2.24, 2.45) is 5.92 Å². The molecule has 0 aromatic heterocycles. The fourth-order valence-corrected chi connectivity index (χ4v) is 4.71. The lowest BCUT2D eigenvalue weighted by Gasteiger charge is -2.37. The maximum absolute atomic E-state index is 12.6. The molecule has 2 amide bonds. The lowest BCUT2D eigenvalue weighted by molar-refractivity contribution is -0.180. The van der Waals surface area contributed by atoms with E-state index < -0.39 is 5.60 Å². The molecule has 2 saturated heterocycles. The molecule has 1 spiro atoms. The Morgan fingerprint density at radius 1 is 1.17 bits per heavy atom. The summed E-state index contributed by atoms with van der Waals surface area (Å²) in [6.07, 6.45) is 5.31. The summed E-state index contributed by atoms with van der Waals surface area (Å²) in [6.45, 7) is 9.80. The molecule has 2 heterocycles. The van der Waals surface area contributed by atoms with Gasteiger partial charge in [-0.15, -0.1) is 0 Å². The number of nitrogens with one attached hydrogen (secondary N) is 1. The Bertz CT molecular complexity index is 590. The zero-order valence-electron chi connectivity index (χ0n) is 19.1. The average molecular weight is 426 g/mol. The number of nitrogens with zero attached hydrogens (tertiary/aromatic N) is 2. The summed E-state index contributed by atoms with van der Waals surface area (Å²) in [6, 6.07) is 0.204. The van der Waals surface area contributed by atoms with Gasteiger partial charge in [-0.2, -0.15) is 0 Å². The van der Waals surface area contributed by atoms with E-state index in [2.05, 4.69) is 10.2 Å². The van der Waals surface area contributed by atoms with Gasteiger partial charge in [0.25, 0.3) is 0 Å². The molecule has 8 heteroatoms. The maximum Gasteiger partial charge on any atom is 0.410 e. The third-order valence-electron chi connectivity index (χ3n) is 6.13. The van der Waals surface area contributed by atoms with Gasteiger partial charge < -0.3 is 24.4 Å². The molecule has 0 radical (unpaired) electrons. The van der Waals surface area contributed by atoms with Crippen LogP contribution >= 0.6 is 0 Å². The number of likely N-dealkylation sites (tertiary alicyclic amines) is 1. The number of carbonyl (C=O) groups is 2. The SMILES string of the molecule is CN(CC1CCCN(CC(=O)NC2CCC3(CC2)OCCO3)C1)C(=O)OC(C)(C)C. The minimum Gasteiger partial charge on any atom is -0.444 e. The van der Waals surface area contributed by atoms with E-state index in [-0.39, 0.29) is 23.8 Å². The molecule has 1 saturated carbocycles. The number of ether oxygens (including phenoxy) is 3. The third-order valence-corrected chi connectivity index (χ3v) is 6.13. The predicted molar refractivity (Wildman–Crippen MR) is 113 cm³/mol. The van der Waals surface area contributed by atoms with Gasteiger partial charge in [-0.05, 0) is 58.9 Å². The van der Waals surface area contributed by atoms with Crippen LogP contribution in [0.4, 0.5) is 4.79 Å². The van der Waals surface area contributed by atoms with Gasteiger partial charge in [-0.25, -0.2) is 4.79 Å². The summed E-state index contributed by atoms with van der Waals surface area (Å²) in [7, 11) is 1.79. The molecule has 3 aliphatic rings. The lowest BCUT2D eigenvalue weighted by atomic mass is 9.90. The molecule has 0 bridgehead atoms. The van der Waals surface area contributed by atoms with Crippen LogP contribution in [0.5, 0.6) is 0 Å². The second-order valence-corrected chi connectivity index (χ2v) is 10.1. The van der Waals surface area contributed by atoms with E-state index >= 15 is 0 Å². The molecule has 1 atom stereocenters. The van der Waals surface area contributed by atoms with Crippen LogP contribution < -0.4 is 5.32 Å². The van der Waals surface area contributed by atoms with E-state index in [0.717, 1.165) is 51.6 Å². The number of rotatable bonds is 5. The number of hydrogen-bond donors (Lipinski definition) is 1. The Labute approximate surface area is 180 Å². The van der Waals surface area contributed by atoms with Crippen molar-refractivity contribution < 1.29 is 23.8 Å². The first kappa shape index (κ1) is 23.3. The van der Waals surface area contributed by atoms with Gasteiger partial charge in [-0.3, -0.25) is 9.69 Å². The second-order valence-electron chi connectivity index (χ2n) is 10.1. The van der Waals surface area contributed by atoms with Crippen molar-refractivity contribution in [3.63, 3.8) is 0 Å². The minimum absolute atomic E-state index is 0.0883. The largest absolute Gasteiger partial charge is 0.444 e. The molecule has 30 heavy (non-hydrogen) atoms. The zero-order valence-corrected chi connectivity index (χ0v) is 19.1. The van der Waals surface area contributed by atoms with Crippen molar-refractivity contribution in [1.29, 1.82) is 0 Å². The average Bonchev–Trinajstić information content (AvgIpc) is 3.11. The molecule has 1 unspecified atom stereocenters. The van der Waals surface area contributed by atoms with Crippen LogP contribution in [-0.4, -0.2) is 85.7 Å². The van der Waals surface area contributed by atoms with E-state index in [1.54, 1.807) is 11.9 Å². The van der Waals surface area contributed by atoms with Crippen LogP contribution in [0.3, 0.4) is 0 Å². The fraction of sp³-hybridized carbons (Fsp3) is 0.909. The minimum atomic E-state index is -0.489. The molecule has 0 aromatic carbocycles. The smallest absolute Gasteiger partial charge is 0.410 e. The highest BCUT2D eigenvalue weighted by Gasteiger charge is 2.40. The van der Waals surface area contributed by atoms with Gasteiger partial charge in [0, 0.05) is 39.0 Å². The predicted octanol–water partition coefficient (Wildman–Crippen LogP) is 2.37. The zero-order chi connectivity index (χ0) is 21.8. The summed E-state index contributed by atoms with van der Waals surface area (Å²) >= 11 is 0. The summed E-state index contributed by atoms with van der Waals surface area (Å²) < 4.78 is 17.0. The van der Waals surface area contributed by atoms with Crippen molar-refractivity contribution in [1.82, 2.24) is 15.1 Å². The Balaban J connectivity index is 1.38. The first-order valence-electron chi connectivity index (χ1n) is 11.4. The monoisotopic (exact) mass is 425 g/mol. The fourth-order valence-electron chi connectivity index (χ4n) is 4.71. The molecular weight excluding hydrogens is 386 g/mol. The highest BCUT2D eigenvalue weighted by molar-refractivity contribution is 5.78. The van der Waals surface area contributed by atoms with Crippen LogP contribution in [-0.2, 0) is 19.0 Å². The van der Waals surface area contributed by atoms with Gasteiger partial charge in [0.2, 0.25) is 5.91 Å². The van der Waals surface area contributed by atoms with Crippen LogP contribution in [0.1, 0.15) is 59.3 Å². The number of hydrogen-bond acceptors (Lipinski definition) is 6. The van der Waals surface area contributed by atoms with Crippen molar-refractivity contribution in [2.75, 3.05) is 46.4 Å². The molecular formula is C22H39N3O5. The van der Waals surface area contributed by atoms with E-state index in [1.807, 2.05) is 20.8 Å². The topological polar surface area (TPSA) is 80.3 Å². The molecule has 3 fully saturated rings. The molecule has 2 aliphatic heterocycles. The lowest BCUT2D eigenvalue weighted by Crippen LogP contribution is -2.49. The first-order valence-corrected chi connectivity index (χ1v) is 11.4. The summed E-state index contributed by atoms with van der Waals surface area (Å²) in [5, 5.41) is 3.20. The second kappa shape index (κ2) is 9.83. The van der Waals surface area contributed by atoms with Crippen molar-refractivity contribution in [3.8, 4) is 0 Å². The Morgan fingerprint density at radius 2 is 1.83 bits per heavy atom. The van der Waals surface area contributed by atoms with Crippen molar-refractivity contribution in [3.05, 3.63) is 0 Å². The van der Waals surface area contributed by atoms with E-state index in [4.69, 9.17) is 14.2 Å². The highest BCUT2D eigenvalue weighted by Crippen LogP contribution is 2.35. The van der Waals surface area contributed by atoms with E-state index in [0.29, 0.717) is 32.2 Å². The van der Waals surface area contributed by atoms with E-state index in [1.165, 1.54) is 0 Å². The van der Waals surface area contributed by atoms with Crippen molar-refractivity contribution in [2.45, 2.75) is 76.7 Å². The Kier molecular flexibility index (Phi) is 7.63. The summed E-state index contributed by atoms with van der Waals surface area (Å²) in [4.78, 5) is 28.7. The molecule has 1 N–H and O–H groups in total. The van der Waals surface area contributed by atoms with Gasteiger partial charge >= 0.3 is 6.09 Å². The standard InChI is InChI=1S/C22H39N3O5/c1-21(2,3)30-20(27)24(4)14-17-6-5-11-25(15-17)16-19(26)23-18-7-9-22(10-8-18)28-12-13-29-22/h17-18H,5-16H2,1-4H3,(H,23,26). The van der Waals surface area contributed by atoms with Gasteiger partial charge in [-0.1, -0.05) is 0 Å². The van der Waals surface area contributed by atoms with Crippen LogP contribution in [0, 0.1) is 5.92 Å². The van der Waals surface area contributed by atoms with Crippen LogP contribution in [0.15, 0.2) is 0 Å². The molecule has 3 rings (SSSR count). The molecule has 1 aliphatic carbocycles. The van der Waals surface area contributed by atoms with E-state index in [9.17, 15) is 9.59 Å². The molecule has 8 nitrogen and oxygen atoms in total. The van der Waals surface area contributed by atoms with Crippen LogP contribution in [0.25, 0.3) is 0 Å². The van der Waals surface area contributed by atoms with Gasteiger partial charge in [0.05, 0.1) is 19.8 Å². The normalized spacial score (nSPS) is 25.3. The Hall–Kier alpha value is -1.38. The first-order chi connectivity index (χ1) is 14.1. The quantitative estimate of drug-likeness (QED) is 0.728. The summed E-state index contributed by atoms with van der Waals surface area (Å²) in [5.74, 6) is 0.0576. The number of carbonyl (C=O) groups excluding carboxylic acids is 2. The maximum atomic E-state index is 12.6. The van der Waals surface area contributed by atoms with Gasteiger partial charge in [0.1, 0.15) is 5.60 Å². The molecule has 0 aromatic rings. The number of amides is 2. The Morgan fingerprint density at radius 3 is 2.47 bits per heavy atom. The highest BCUT2D eigenvalue weighted by atomic mass is 16.7. The number of piperidine rings is 1. The van der Waals surface area contributed by atoms with Gasteiger partial charge in [0.15, 0.2) is 5.79 Å². The summed E-state index contributed by atoms with van der Waals surface area (Å²) in [5.41, 5.74) is -0.489.